The van der Waals surface area contributed by atoms with Gasteiger partial charge in [-0.15, -0.1) is 11.3 Å². The Kier molecular flexibility index (Phi) is 4.68. The van der Waals surface area contributed by atoms with Gasteiger partial charge in [0.2, 0.25) is 0 Å². The Labute approximate surface area is 159 Å². The van der Waals surface area contributed by atoms with Gasteiger partial charge in [0.05, 0.1) is 34.6 Å². The number of carbonyl (C=O) groups excluding carboxylic acids is 1. The Morgan fingerprint density at radius 1 is 1.19 bits per heavy atom. The largest absolute Gasteiger partial charge is 0.343 e. The number of nitrogens with one attached hydrogen (secondary N) is 1. The topological polar surface area (TPSA) is 59.8 Å². The third kappa shape index (κ3) is 3.59. The minimum absolute atomic E-state index is 0.186. The molecule has 0 aliphatic rings. The Hall–Kier alpha value is -3.06. The smallest absolute Gasteiger partial charge is 0.263 e. The van der Waals surface area contributed by atoms with E-state index in [0.29, 0.717) is 17.1 Å². The van der Waals surface area contributed by atoms with Gasteiger partial charge in [0.1, 0.15) is 10.7 Å². The summed E-state index contributed by atoms with van der Waals surface area (Å²) in [5.74, 6) is -0.496. The van der Waals surface area contributed by atoms with E-state index in [2.05, 4.69) is 15.3 Å². The summed E-state index contributed by atoms with van der Waals surface area (Å²) in [5.41, 5.74) is 5.04. The van der Waals surface area contributed by atoms with E-state index in [4.69, 9.17) is 0 Å². The number of benzene rings is 2. The molecule has 2 aromatic heterocycles. The first-order chi connectivity index (χ1) is 13.1. The fourth-order valence-corrected chi connectivity index (χ4v) is 3.73. The second-order valence-corrected chi connectivity index (χ2v) is 7.08. The third-order valence-corrected chi connectivity index (χ3v) is 5.36. The summed E-state index contributed by atoms with van der Waals surface area (Å²) in [5, 5.41) is 3.06. The molecule has 1 amide bonds. The van der Waals surface area contributed by atoms with Crippen molar-refractivity contribution in [2.75, 3.05) is 0 Å². The van der Waals surface area contributed by atoms with Crippen LogP contribution in [0.1, 0.15) is 27.0 Å². The summed E-state index contributed by atoms with van der Waals surface area (Å²) in [7, 11) is 0. The van der Waals surface area contributed by atoms with Crippen LogP contribution in [0.2, 0.25) is 0 Å². The van der Waals surface area contributed by atoms with E-state index in [9.17, 15) is 9.18 Å². The molecule has 136 valence electrons. The molecule has 0 saturated heterocycles. The zero-order chi connectivity index (χ0) is 18.8. The van der Waals surface area contributed by atoms with Crippen molar-refractivity contribution in [2.45, 2.75) is 19.5 Å². The number of fused-ring (bicyclic) bond motifs is 1. The predicted octanol–water partition coefficient (Wildman–Crippen LogP) is 4.11. The molecule has 0 aliphatic heterocycles. The first-order valence-electron chi connectivity index (χ1n) is 8.48. The quantitative estimate of drug-likeness (QED) is 0.567. The molecule has 1 atom stereocenters. The lowest BCUT2D eigenvalue weighted by Crippen LogP contribution is -2.31. The predicted molar refractivity (Wildman–Crippen MR) is 103 cm³/mol. The van der Waals surface area contributed by atoms with Gasteiger partial charge in [-0.05, 0) is 36.8 Å². The Morgan fingerprint density at radius 2 is 1.96 bits per heavy atom. The molecule has 0 spiro atoms. The number of hydrogen-bond acceptors (Lipinski definition) is 4. The maximum absolute atomic E-state index is 13.4. The first-order valence-corrected chi connectivity index (χ1v) is 9.36. The molecule has 4 aromatic rings. The number of aryl methyl sites for hydroxylation is 1. The number of nitrogens with zero attached hydrogens (tertiary/aromatic N) is 3. The minimum atomic E-state index is -0.336. The van der Waals surface area contributed by atoms with E-state index in [0.717, 1.165) is 16.6 Å². The lowest BCUT2D eigenvalue weighted by molar-refractivity contribution is 0.0936. The Morgan fingerprint density at radius 3 is 2.70 bits per heavy atom. The van der Waals surface area contributed by atoms with E-state index in [1.165, 1.54) is 23.5 Å². The molecule has 7 heteroatoms. The average molecular weight is 380 g/mol. The van der Waals surface area contributed by atoms with Crippen LogP contribution < -0.4 is 5.32 Å². The minimum Gasteiger partial charge on any atom is -0.343 e. The normalized spacial score (nSPS) is 12.2. The fraction of sp³-hybridized carbons (Fsp3) is 0.150. The molecule has 0 saturated carbocycles. The molecule has 1 N–H and O–H groups in total. The zero-order valence-corrected chi connectivity index (χ0v) is 15.4. The SMILES string of the molecule is Cc1ncsc1C(=O)NC(Cn1cnc2ccccc21)c1ccc(F)cc1. The number of hydrogen-bond donors (Lipinski definition) is 1. The highest BCUT2D eigenvalue weighted by atomic mass is 32.1. The van der Waals surface area contributed by atoms with Crippen molar-refractivity contribution < 1.29 is 9.18 Å². The Balaban J connectivity index is 1.66. The second-order valence-electron chi connectivity index (χ2n) is 6.23. The van der Waals surface area contributed by atoms with Crippen LogP contribution in [0.4, 0.5) is 4.39 Å². The molecule has 27 heavy (non-hydrogen) atoms. The molecule has 5 nitrogen and oxygen atoms in total. The maximum atomic E-state index is 13.4. The van der Waals surface area contributed by atoms with Gasteiger partial charge in [-0.1, -0.05) is 24.3 Å². The van der Waals surface area contributed by atoms with Crippen molar-refractivity contribution in [2.24, 2.45) is 0 Å². The number of amides is 1. The maximum Gasteiger partial charge on any atom is 0.263 e. The standard InChI is InChI=1S/C20H17FN4OS/c1-13-19(27-12-23-13)20(26)24-17(14-6-8-15(21)9-7-14)10-25-11-22-16-4-2-3-5-18(16)25/h2-9,11-12,17H,10H2,1H3,(H,24,26). The molecule has 2 aromatic carbocycles. The van der Waals surface area contributed by atoms with E-state index in [1.54, 1.807) is 24.0 Å². The molecule has 1 unspecified atom stereocenters. The van der Waals surface area contributed by atoms with Crippen LogP contribution in [0.15, 0.2) is 60.4 Å². The van der Waals surface area contributed by atoms with Crippen molar-refractivity contribution in [3.05, 3.63) is 82.3 Å². The lowest BCUT2D eigenvalue weighted by atomic mass is 10.1. The summed E-state index contributed by atoms with van der Waals surface area (Å²) in [6, 6.07) is 13.7. The summed E-state index contributed by atoms with van der Waals surface area (Å²) in [4.78, 5) is 21.9. The number of carbonyl (C=O) groups is 1. The Bertz CT molecular complexity index is 1090. The number of para-hydroxylation sites is 2. The van der Waals surface area contributed by atoms with E-state index >= 15 is 0 Å². The monoisotopic (exact) mass is 380 g/mol. The van der Waals surface area contributed by atoms with Gasteiger partial charge in [0.15, 0.2) is 0 Å². The highest BCUT2D eigenvalue weighted by Crippen LogP contribution is 2.21. The van der Waals surface area contributed by atoms with Crippen molar-refractivity contribution in [3.63, 3.8) is 0 Å². The average Bonchev–Trinajstić information content (AvgIpc) is 3.28. The van der Waals surface area contributed by atoms with Crippen LogP contribution in [-0.4, -0.2) is 20.4 Å². The lowest BCUT2D eigenvalue weighted by Gasteiger charge is -2.20. The van der Waals surface area contributed by atoms with Gasteiger partial charge in [-0.3, -0.25) is 4.79 Å². The van der Waals surface area contributed by atoms with E-state index in [-0.39, 0.29) is 17.8 Å². The fourth-order valence-electron chi connectivity index (χ4n) is 3.03. The van der Waals surface area contributed by atoms with Gasteiger partial charge in [-0.25, -0.2) is 14.4 Å². The van der Waals surface area contributed by atoms with Gasteiger partial charge in [-0.2, -0.15) is 0 Å². The molecule has 0 fully saturated rings. The zero-order valence-electron chi connectivity index (χ0n) is 14.6. The summed E-state index contributed by atoms with van der Waals surface area (Å²) in [6.45, 7) is 2.29. The van der Waals surface area contributed by atoms with Crippen LogP contribution in [0, 0.1) is 12.7 Å². The highest BCUT2D eigenvalue weighted by Gasteiger charge is 2.20. The van der Waals surface area contributed by atoms with Gasteiger partial charge in [0, 0.05) is 6.54 Å². The molecule has 0 bridgehead atoms. The van der Waals surface area contributed by atoms with Crippen LogP contribution >= 0.6 is 11.3 Å². The number of halogens is 1. The van der Waals surface area contributed by atoms with Crippen molar-refractivity contribution in [1.29, 1.82) is 0 Å². The van der Waals surface area contributed by atoms with Crippen LogP contribution in [0.3, 0.4) is 0 Å². The summed E-state index contributed by atoms with van der Waals surface area (Å²) in [6.07, 6.45) is 1.76. The van der Waals surface area contributed by atoms with Crippen molar-refractivity contribution in [1.82, 2.24) is 19.9 Å². The molecule has 4 rings (SSSR count). The van der Waals surface area contributed by atoms with Crippen LogP contribution in [0.25, 0.3) is 11.0 Å². The van der Waals surface area contributed by atoms with Crippen molar-refractivity contribution in [3.8, 4) is 0 Å². The molecule has 0 radical (unpaired) electrons. The van der Waals surface area contributed by atoms with Crippen LogP contribution in [-0.2, 0) is 6.54 Å². The molecular formula is C20H17FN4OS. The summed E-state index contributed by atoms with van der Waals surface area (Å²) >= 11 is 1.31. The third-order valence-electron chi connectivity index (χ3n) is 4.44. The number of imidazole rings is 1. The van der Waals surface area contributed by atoms with Crippen molar-refractivity contribution >= 4 is 28.3 Å². The number of rotatable bonds is 5. The molecule has 0 aliphatic carbocycles. The highest BCUT2D eigenvalue weighted by molar-refractivity contribution is 7.11. The van der Waals surface area contributed by atoms with Gasteiger partial charge >= 0.3 is 0 Å². The van der Waals surface area contributed by atoms with E-state index < -0.39 is 0 Å². The van der Waals surface area contributed by atoms with Gasteiger partial charge in [0.25, 0.3) is 5.91 Å². The van der Waals surface area contributed by atoms with E-state index in [1.807, 2.05) is 35.8 Å². The number of thiazole rings is 1. The molecule has 2 heterocycles. The second kappa shape index (κ2) is 7.28. The first kappa shape index (κ1) is 17.4. The van der Waals surface area contributed by atoms with Gasteiger partial charge < -0.3 is 9.88 Å². The molecular weight excluding hydrogens is 363 g/mol. The number of aromatic nitrogens is 3. The van der Waals surface area contributed by atoms with Crippen LogP contribution in [0.5, 0.6) is 0 Å². The summed E-state index contributed by atoms with van der Waals surface area (Å²) < 4.78 is 15.4.